The summed E-state index contributed by atoms with van der Waals surface area (Å²) in [5, 5.41) is 3.38. The van der Waals surface area contributed by atoms with E-state index < -0.39 is 17.8 Å². The number of ether oxygens (including phenoxy) is 1. The summed E-state index contributed by atoms with van der Waals surface area (Å²) < 4.78 is 19.1. The van der Waals surface area contributed by atoms with Crippen molar-refractivity contribution in [2.24, 2.45) is 0 Å². The molecular formula is C21H24ClFN2O3. The second kappa shape index (κ2) is 10.1. The smallest absolute Gasteiger partial charge is 0.261 e. The molecular weight excluding hydrogens is 383 g/mol. The molecule has 0 aliphatic rings. The molecule has 2 aromatic carbocycles. The molecule has 0 aromatic heterocycles. The van der Waals surface area contributed by atoms with Gasteiger partial charge in [0.05, 0.1) is 0 Å². The van der Waals surface area contributed by atoms with Crippen molar-refractivity contribution in [2.75, 3.05) is 6.61 Å². The zero-order chi connectivity index (χ0) is 20.7. The Kier molecular flexibility index (Phi) is 7.81. The van der Waals surface area contributed by atoms with E-state index in [1.807, 2.05) is 13.8 Å². The number of nitrogens with one attached hydrogen (secondary N) is 1. The van der Waals surface area contributed by atoms with Gasteiger partial charge in [0.2, 0.25) is 5.91 Å². The highest BCUT2D eigenvalue weighted by atomic mass is 35.5. The number of para-hydroxylation sites is 1. The van der Waals surface area contributed by atoms with Crippen LogP contribution >= 0.6 is 11.6 Å². The number of benzene rings is 2. The lowest BCUT2D eigenvalue weighted by molar-refractivity contribution is -0.142. The summed E-state index contributed by atoms with van der Waals surface area (Å²) in [5.41, 5.74) is 0.813. The first kappa shape index (κ1) is 21.7. The number of amides is 2. The fraction of sp³-hybridized carbons (Fsp3) is 0.333. The molecule has 0 spiro atoms. The minimum atomic E-state index is -0.727. The van der Waals surface area contributed by atoms with Gasteiger partial charge in [-0.15, -0.1) is 0 Å². The molecule has 7 heteroatoms. The molecule has 2 amide bonds. The summed E-state index contributed by atoms with van der Waals surface area (Å²) in [5.74, 6) is -1.26. The number of halogens is 2. The predicted molar refractivity (Wildman–Crippen MR) is 107 cm³/mol. The molecule has 150 valence electrons. The number of hydrogen-bond acceptors (Lipinski definition) is 3. The van der Waals surface area contributed by atoms with Gasteiger partial charge >= 0.3 is 0 Å². The second-order valence-corrected chi connectivity index (χ2v) is 7.14. The van der Waals surface area contributed by atoms with Crippen LogP contribution in [0.2, 0.25) is 5.02 Å². The minimum absolute atomic E-state index is 0.0124. The van der Waals surface area contributed by atoms with Crippen molar-refractivity contribution in [3.8, 4) is 5.75 Å². The summed E-state index contributed by atoms with van der Waals surface area (Å²) in [7, 11) is 0. The van der Waals surface area contributed by atoms with Crippen molar-refractivity contribution in [1.29, 1.82) is 0 Å². The average molecular weight is 407 g/mol. The lowest BCUT2D eigenvalue weighted by Crippen LogP contribution is -2.50. The maximum atomic E-state index is 13.7. The molecule has 1 N–H and O–H groups in total. The van der Waals surface area contributed by atoms with Crippen molar-refractivity contribution in [2.45, 2.75) is 39.4 Å². The number of rotatable bonds is 8. The lowest BCUT2D eigenvalue weighted by Gasteiger charge is -2.29. The topological polar surface area (TPSA) is 58.6 Å². The molecule has 0 saturated carbocycles. The molecule has 0 aliphatic carbocycles. The van der Waals surface area contributed by atoms with Crippen LogP contribution in [0.1, 0.15) is 26.3 Å². The Labute approximate surface area is 169 Å². The second-order valence-electron chi connectivity index (χ2n) is 6.71. The van der Waals surface area contributed by atoms with E-state index in [1.54, 1.807) is 37.3 Å². The molecule has 0 heterocycles. The highest BCUT2D eigenvalue weighted by Gasteiger charge is 2.27. The largest absolute Gasteiger partial charge is 0.481 e. The van der Waals surface area contributed by atoms with E-state index in [4.69, 9.17) is 16.3 Å². The highest BCUT2D eigenvalue weighted by molar-refractivity contribution is 6.30. The fourth-order valence-electron chi connectivity index (χ4n) is 2.56. The first-order valence-corrected chi connectivity index (χ1v) is 9.37. The maximum Gasteiger partial charge on any atom is 0.261 e. The third kappa shape index (κ3) is 6.23. The molecule has 2 rings (SSSR count). The van der Waals surface area contributed by atoms with Crippen molar-refractivity contribution in [3.05, 3.63) is 64.9 Å². The van der Waals surface area contributed by atoms with Crippen LogP contribution in [0.15, 0.2) is 48.5 Å². The average Bonchev–Trinajstić information content (AvgIpc) is 2.65. The Balaban J connectivity index is 2.15. The van der Waals surface area contributed by atoms with Crippen LogP contribution in [-0.2, 0) is 16.1 Å². The Hall–Kier alpha value is -2.60. The maximum absolute atomic E-state index is 13.7. The van der Waals surface area contributed by atoms with Crippen LogP contribution in [0, 0.1) is 5.82 Å². The van der Waals surface area contributed by atoms with Crippen LogP contribution in [0.4, 0.5) is 4.39 Å². The standard InChI is InChI=1S/C21H24ClFN2O3/c1-14(2)24-21(27)15(3)25(12-16-8-10-17(22)11-9-16)20(26)13-28-19-7-5-4-6-18(19)23/h4-11,14-15H,12-13H2,1-3H3,(H,24,27)/t15-/m0/s1. The van der Waals surface area contributed by atoms with Crippen LogP contribution < -0.4 is 10.1 Å². The molecule has 0 bridgehead atoms. The quantitative estimate of drug-likeness (QED) is 0.725. The van der Waals surface area contributed by atoms with E-state index in [0.717, 1.165) is 5.56 Å². The molecule has 1 atom stereocenters. The molecule has 0 unspecified atom stereocenters. The molecule has 5 nitrogen and oxygen atoms in total. The normalized spacial score (nSPS) is 11.8. The van der Waals surface area contributed by atoms with Gasteiger partial charge in [-0.1, -0.05) is 35.9 Å². The highest BCUT2D eigenvalue weighted by Crippen LogP contribution is 2.17. The number of carbonyl (C=O) groups is 2. The van der Waals surface area contributed by atoms with Crippen molar-refractivity contribution in [1.82, 2.24) is 10.2 Å². The third-order valence-electron chi connectivity index (χ3n) is 4.05. The van der Waals surface area contributed by atoms with Gasteiger partial charge in [0.25, 0.3) is 5.91 Å². The SMILES string of the molecule is CC(C)NC(=O)[C@H](C)N(Cc1ccc(Cl)cc1)C(=O)COc1ccccc1F. The van der Waals surface area contributed by atoms with Crippen LogP contribution in [0.3, 0.4) is 0 Å². The van der Waals surface area contributed by atoms with Gasteiger partial charge in [-0.3, -0.25) is 9.59 Å². The Morgan fingerprint density at radius 2 is 1.75 bits per heavy atom. The third-order valence-corrected chi connectivity index (χ3v) is 4.30. The van der Waals surface area contributed by atoms with Gasteiger partial charge in [0.15, 0.2) is 18.2 Å². The molecule has 2 aromatic rings. The molecule has 0 saturated heterocycles. The van der Waals surface area contributed by atoms with Crippen molar-refractivity contribution >= 4 is 23.4 Å². The monoisotopic (exact) mass is 406 g/mol. The number of carbonyl (C=O) groups excluding carboxylic acids is 2. The first-order chi connectivity index (χ1) is 13.3. The van der Waals surface area contributed by atoms with Gasteiger partial charge in [0, 0.05) is 17.6 Å². The summed E-state index contributed by atoms with van der Waals surface area (Å²) >= 11 is 5.91. The summed E-state index contributed by atoms with van der Waals surface area (Å²) in [6.45, 7) is 5.15. The fourth-order valence-corrected chi connectivity index (χ4v) is 2.68. The summed E-state index contributed by atoms with van der Waals surface area (Å²) in [4.78, 5) is 26.7. The van der Waals surface area contributed by atoms with E-state index in [1.165, 1.54) is 23.1 Å². The van der Waals surface area contributed by atoms with E-state index in [9.17, 15) is 14.0 Å². The number of nitrogens with zero attached hydrogens (tertiary/aromatic N) is 1. The summed E-state index contributed by atoms with van der Waals surface area (Å²) in [6.07, 6.45) is 0. The molecule has 0 radical (unpaired) electrons. The predicted octanol–water partition coefficient (Wildman–Crippen LogP) is 3.80. The minimum Gasteiger partial charge on any atom is -0.481 e. The molecule has 0 aliphatic heterocycles. The van der Waals surface area contributed by atoms with Crippen LogP contribution in [-0.4, -0.2) is 35.4 Å². The van der Waals surface area contributed by atoms with Crippen molar-refractivity contribution in [3.63, 3.8) is 0 Å². The van der Waals surface area contributed by atoms with Gasteiger partial charge in [-0.05, 0) is 50.6 Å². The van der Waals surface area contributed by atoms with Crippen LogP contribution in [0.25, 0.3) is 0 Å². The lowest BCUT2D eigenvalue weighted by atomic mass is 10.1. The summed E-state index contributed by atoms with van der Waals surface area (Å²) in [6, 6.07) is 12.1. The first-order valence-electron chi connectivity index (χ1n) is 8.99. The van der Waals surface area contributed by atoms with Crippen LogP contribution in [0.5, 0.6) is 5.75 Å². The Morgan fingerprint density at radius 1 is 1.11 bits per heavy atom. The van der Waals surface area contributed by atoms with Gasteiger partial charge in [-0.25, -0.2) is 4.39 Å². The van der Waals surface area contributed by atoms with Crippen molar-refractivity contribution < 1.29 is 18.7 Å². The van der Waals surface area contributed by atoms with E-state index >= 15 is 0 Å². The van der Waals surface area contributed by atoms with Gasteiger partial charge in [0.1, 0.15) is 6.04 Å². The molecule has 28 heavy (non-hydrogen) atoms. The molecule has 0 fully saturated rings. The van der Waals surface area contributed by atoms with E-state index in [-0.39, 0.29) is 30.9 Å². The zero-order valence-corrected chi connectivity index (χ0v) is 16.9. The Morgan fingerprint density at radius 3 is 2.36 bits per heavy atom. The van der Waals surface area contributed by atoms with E-state index in [0.29, 0.717) is 5.02 Å². The Bertz CT molecular complexity index is 812. The number of hydrogen-bond donors (Lipinski definition) is 1. The van der Waals surface area contributed by atoms with E-state index in [2.05, 4.69) is 5.32 Å². The van der Waals surface area contributed by atoms with Gasteiger partial charge < -0.3 is 15.0 Å². The zero-order valence-electron chi connectivity index (χ0n) is 16.1. The van der Waals surface area contributed by atoms with Gasteiger partial charge in [-0.2, -0.15) is 0 Å².